The van der Waals surface area contributed by atoms with E-state index in [1.165, 1.54) is 28.4 Å². The molecule has 0 radical (unpaired) electrons. The third kappa shape index (κ3) is 4.48. The number of alkyl halides is 3. The summed E-state index contributed by atoms with van der Waals surface area (Å²) in [5.74, 6) is -1.55. The van der Waals surface area contributed by atoms with Crippen LogP contribution in [-0.2, 0) is 15.8 Å². The van der Waals surface area contributed by atoms with Crippen molar-refractivity contribution in [2.75, 3.05) is 16.8 Å². The van der Waals surface area contributed by atoms with Gasteiger partial charge >= 0.3 is 6.18 Å². The van der Waals surface area contributed by atoms with Crippen molar-refractivity contribution in [1.82, 2.24) is 4.98 Å². The maximum Gasteiger partial charge on any atom is 0.416 e. The van der Waals surface area contributed by atoms with E-state index in [2.05, 4.69) is 10.3 Å². The van der Waals surface area contributed by atoms with Crippen LogP contribution >= 0.6 is 11.3 Å². The molecule has 6 nitrogen and oxygen atoms in total. The topological polar surface area (TPSA) is 86.1 Å². The monoisotopic (exact) mass is 456 g/mol. The lowest BCUT2D eigenvalue weighted by Gasteiger charge is -2.18. The van der Waals surface area contributed by atoms with Gasteiger partial charge in [0.25, 0.3) is 0 Å². The molecule has 162 valence electrons. The summed E-state index contributed by atoms with van der Waals surface area (Å²) in [7, 11) is 0. The maximum atomic E-state index is 13.0. The highest BCUT2D eigenvalue weighted by Gasteiger charge is 2.37. The Morgan fingerprint density at radius 1 is 1.22 bits per heavy atom. The summed E-state index contributed by atoms with van der Waals surface area (Å²) in [6, 6.07) is 13.4. The van der Waals surface area contributed by atoms with Crippen LogP contribution in [0.3, 0.4) is 0 Å². The van der Waals surface area contributed by atoms with E-state index in [-0.39, 0.29) is 18.7 Å². The highest BCUT2D eigenvalue weighted by molar-refractivity contribution is 7.14. The Morgan fingerprint density at radius 2 is 1.97 bits per heavy atom. The molecule has 1 saturated heterocycles. The molecule has 1 atom stereocenters. The van der Waals surface area contributed by atoms with Crippen LogP contribution in [0.4, 0.5) is 24.0 Å². The number of hydrogen-bond acceptors (Lipinski definition) is 5. The van der Waals surface area contributed by atoms with Gasteiger partial charge in [-0.25, -0.2) is 4.98 Å². The summed E-state index contributed by atoms with van der Waals surface area (Å²) in [6.07, 6.45) is -4.62. The Labute approximate surface area is 184 Å². The number of carbonyl (C=O) groups excluding carboxylic acids is 2. The van der Waals surface area contributed by atoms with Gasteiger partial charge in [0.1, 0.15) is 0 Å². The van der Waals surface area contributed by atoms with Crippen LogP contribution in [-0.4, -0.2) is 23.3 Å². The molecule has 2 aromatic carbocycles. The summed E-state index contributed by atoms with van der Waals surface area (Å²) in [6.45, 7) is -0.0141. The van der Waals surface area contributed by atoms with Gasteiger partial charge in [0.05, 0.1) is 28.8 Å². The number of aromatic nitrogens is 1. The van der Waals surface area contributed by atoms with Gasteiger partial charge in [0.15, 0.2) is 5.13 Å². The summed E-state index contributed by atoms with van der Waals surface area (Å²) in [4.78, 5) is 30.6. The highest BCUT2D eigenvalue weighted by atomic mass is 32.1. The van der Waals surface area contributed by atoms with E-state index in [1.807, 2.05) is 6.07 Å². The standard InChI is InChI=1S/C22H15F3N4O2S/c23-22(24,25)16-2-1-3-17(9-16)29-11-15(8-19(29)30)20(31)28-21-27-18(12-32-21)14-6-4-13(10-26)5-7-14/h1-7,9,12,15H,8,11H2,(H,27,28,31). The first-order valence-electron chi connectivity index (χ1n) is 9.49. The molecule has 3 aromatic rings. The molecule has 0 aliphatic carbocycles. The number of benzene rings is 2. The zero-order valence-electron chi connectivity index (χ0n) is 16.4. The molecule has 2 amide bonds. The van der Waals surface area contributed by atoms with Crippen molar-refractivity contribution < 1.29 is 22.8 Å². The van der Waals surface area contributed by atoms with Crippen LogP contribution in [0.5, 0.6) is 0 Å². The van der Waals surface area contributed by atoms with Gasteiger partial charge in [0.2, 0.25) is 11.8 Å². The minimum atomic E-state index is -4.52. The van der Waals surface area contributed by atoms with Crippen molar-refractivity contribution in [3.63, 3.8) is 0 Å². The fourth-order valence-electron chi connectivity index (χ4n) is 3.37. The molecule has 0 bridgehead atoms. The van der Waals surface area contributed by atoms with Crippen LogP contribution in [0, 0.1) is 17.2 Å². The molecule has 0 spiro atoms. The average molecular weight is 456 g/mol. The molecule has 1 aliphatic heterocycles. The van der Waals surface area contributed by atoms with Crippen molar-refractivity contribution >= 4 is 34.0 Å². The molecule has 4 rings (SSSR count). The summed E-state index contributed by atoms with van der Waals surface area (Å²) in [5.41, 5.74) is 1.19. The Hall–Kier alpha value is -3.71. The predicted octanol–water partition coefficient (Wildman–Crippen LogP) is 4.69. The van der Waals surface area contributed by atoms with Crippen molar-refractivity contribution in [3.8, 4) is 17.3 Å². The average Bonchev–Trinajstić information content (AvgIpc) is 3.40. The van der Waals surface area contributed by atoms with Gasteiger partial charge in [-0.1, -0.05) is 18.2 Å². The number of nitrogens with one attached hydrogen (secondary N) is 1. The predicted molar refractivity (Wildman–Crippen MR) is 113 cm³/mol. The first kappa shape index (κ1) is 21.5. The van der Waals surface area contributed by atoms with Crippen molar-refractivity contribution in [2.45, 2.75) is 12.6 Å². The minimum Gasteiger partial charge on any atom is -0.312 e. The van der Waals surface area contributed by atoms with E-state index < -0.39 is 29.5 Å². The van der Waals surface area contributed by atoms with Gasteiger partial charge in [-0.15, -0.1) is 11.3 Å². The van der Waals surface area contributed by atoms with E-state index in [0.29, 0.717) is 16.4 Å². The zero-order chi connectivity index (χ0) is 22.9. The number of nitriles is 1. The molecule has 1 aromatic heterocycles. The number of thiazole rings is 1. The van der Waals surface area contributed by atoms with Crippen LogP contribution in [0.2, 0.25) is 0 Å². The number of rotatable bonds is 4. The number of amides is 2. The molecule has 1 aliphatic rings. The zero-order valence-corrected chi connectivity index (χ0v) is 17.2. The number of halogens is 3. The molecule has 0 saturated carbocycles. The first-order valence-corrected chi connectivity index (χ1v) is 10.4. The van der Waals surface area contributed by atoms with Gasteiger partial charge < -0.3 is 10.2 Å². The summed E-state index contributed by atoms with van der Waals surface area (Å²) in [5, 5.41) is 13.7. The Balaban J connectivity index is 1.43. The van der Waals surface area contributed by atoms with Gasteiger partial charge in [0, 0.05) is 29.6 Å². The Kier molecular flexibility index (Phi) is 5.67. The second kappa shape index (κ2) is 8.43. The van der Waals surface area contributed by atoms with Crippen LogP contribution in [0.1, 0.15) is 17.5 Å². The maximum absolute atomic E-state index is 13.0. The van der Waals surface area contributed by atoms with Gasteiger partial charge in [-0.3, -0.25) is 9.59 Å². The van der Waals surface area contributed by atoms with Crippen molar-refractivity contribution in [1.29, 1.82) is 5.26 Å². The normalized spacial score (nSPS) is 16.1. The molecular formula is C22H15F3N4O2S. The van der Waals surface area contributed by atoms with E-state index in [9.17, 15) is 22.8 Å². The molecule has 32 heavy (non-hydrogen) atoms. The molecule has 2 heterocycles. The molecular weight excluding hydrogens is 441 g/mol. The molecule has 1 unspecified atom stereocenters. The highest BCUT2D eigenvalue weighted by Crippen LogP contribution is 2.34. The second-order valence-corrected chi connectivity index (χ2v) is 8.03. The lowest BCUT2D eigenvalue weighted by atomic mass is 10.1. The lowest BCUT2D eigenvalue weighted by Crippen LogP contribution is -2.28. The smallest absolute Gasteiger partial charge is 0.312 e. The third-order valence-electron chi connectivity index (χ3n) is 5.03. The molecule has 1 N–H and O–H groups in total. The fraction of sp³-hybridized carbons (Fsp3) is 0.182. The Bertz CT molecular complexity index is 1210. The largest absolute Gasteiger partial charge is 0.416 e. The van der Waals surface area contributed by atoms with Crippen LogP contribution in [0.15, 0.2) is 53.9 Å². The number of anilines is 2. The quantitative estimate of drug-likeness (QED) is 0.617. The van der Waals surface area contributed by atoms with E-state index in [1.54, 1.807) is 29.6 Å². The molecule has 10 heteroatoms. The van der Waals surface area contributed by atoms with Crippen LogP contribution < -0.4 is 10.2 Å². The van der Waals surface area contributed by atoms with E-state index in [4.69, 9.17) is 5.26 Å². The Morgan fingerprint density at radius 3 is 2.66 bits per heavy atom. The number of hydrogen-bond donors (Lipinski definition) is 1. The minimum absolute atomic E-state index is 0.0141. The van der Waals surface area contributed by atoms with Gasteiger partial charge in [-0.2, -0.15) is 18.4 Å². The fourth-order valence-corrected chi connectivity index (χ4v) is 4.09. The SMILES string of the molecule is N#Cc1ccc(-c2csc(NC(=O)C3CC(=O)N(c4cccc(C(F)(F)F)c4)C3)n2)cc1. The second-order valence-electron chi connectivity index (χ2n) is 7.17. The summed E-state index contributed by atoms with van der Waals surface area (Å²) < 4.78 is 38.9. The van der Waals surface area contributed by atoms with Crippen LogP contribution in [0.25, 0.3) is 11.3 Å². The lowest BCUT2D eigenvalue weighted by molar-refractivity contribution is -0.137. The number of carbonyl (C=O) groups is 2. The summed E-state index contributed by atoms with van der Waals surface area (Å²) >= 11 is 1.21. The van der Waals surface area contributed by atoms with Crippen molar-refractivity contribution in [3.05, 3.63) is 65.0 Å². The first-order chi connectivity index (χ1) is 15.2. The number of nitrogens with zero attached hydrogens (tertiary/aromatic N) is 3. The molecule has 1 fully saturated rings. The third-order valence-corrected chi connectivity index (χ3v) is 5.78. The van der Waals surface area contributed by atoms with Gasteiger partial charge in [-0.05, 0) is 30.3 Å². The van der Waals surface area contributed by atoms with E-state index >= 15 is 0 Å². The van der Waals surface area contributed by atoms with E-state index in [0.717, 1.165) is 17.7 Å². The van der Waals surface area contributed by atoms with Crippen molar-refractivity contribution in [2.24, 2.45) is 5.92 Å².